The second-order valence-corrected chi connectivity index (χ2v) is 8.35. The zero-order valence-electron chi connectivity index (χ0n) is 18.0. The fourth-order valence-electron chi connectivity index (χ4n) is 4.98. The Hall–Kier alpha value is -3.72. The minimum absolute atomic E-state index is 0.0994. The highest BCUT2D eigenvalue weighted by Crippen LogP contribution is 2.48. The Bertz CT molecular complexity index is 1450. The van der Waals surface area contributed by atoms with E-state index < -0.39 is 0 Å². The van der Waals surface area contributed by atoms with Gasteiger partial charge in [0.1, 0.15) is 11.7 Å². The summed E-state index contributed by atoms with van der Waals surface area (Å²) in [6, 6.07) is 30.1. The molecule has 31 heavy (non-hydrogen) atoms. The number of aryl methyl sites for hydroxylation is 1. The van der Waals surface area contributed by atoms with E-state index in [2.05, 4.69) is 110 Å². The van der Waals surface area contributed by atoms with Crippen LogP contribution in [0, 0.1) is 6.92 Å². The molecule has 1 unspecified atom stereocenters. The smallest absolute Gasteiger partial charge is 0.159 e. The summed E-state index contributed by atoms with van der Waals surface area (Å²) in [5, 5.41) is 2.32. The van der Waals surface area contributed by atoms with Gasteiger partial charge < -0.3 is 14.2 Å². The molecular formula is C28H24N2O. The fraction of sp³-hybridized carbons (Fsp3) is 0.143. The lowest BCUT2D eigenvalue weighted by molar-refractivity contribution is 0.655. The van der Waals surface area contributed by atoms with E-state index in [9.17, 15) is 0 Å². The molecule has 1 atom stereocenters. The standard InChI is InChI=1S/C28H24N2O/c1-18-16-17-23-22-12-6-9-15-26(22)31-28(23)27(18)30-19(2)29(3)24-13-7-4-10-20(24)21-11-5-8-14-25(21)30/h4-17,19H,1-3H3. The Balaban J connectivity index is 1.70. The van der Waals surface area contributed by atoms with Crippen molar-refractivity contribution in [1.29, 1.82) is 0 Å². The molecular weight excluding hydrogens is 380 g/mol. The van der Waals surface area contributed by atoms with Gasteiger partial charge in [0.25, 0.3) is 0 Å². The normalized spacial score (nSPS) is 15.8. The third-order valence-corrected chi connectivity index (χ3v) is 6.64. The lowest BCUT2D eigenvalue weighted by Crippen LogP contribution is -2.42. The van der Waals surface area contributed by atoms with Gasteiger partial charge in [0.2, 0.25) is 0 Å². The number of rotatable bonds is 1. The number of para-hydroxylation sites is 3. The van der Waals surface area contributed by atoms with Gasteiger partial charge in [-0.3, -0.25) is 0 Å². The quantitative estimate of drug-likeness (QED) is 0.288. The molecule has 6 rings (SSSR count). The van der Waals surface area contributed by atoms with Gasteiger partial charge in [-0.25, -0.2) is 0 Å². The van der Waals surface area contributed by atoms with E-state index in [0.29, 0.717) is 0 Å². The monoisotopic (exact) mass is 404 g/mol. The van der Waals surface area contributed by atoms with Crippen LogP contribution >= 0.6 is 0 Å². The van der Waals surface area contributed by atoms with Gasteiger partial charge in [-0.05, 0) is 37.6 Å². The first-order valence-corrected chi connectivity index (χ1v) is 10.8. The number of furan rings is 1. The van der Waals surface area contributed by atoms with Gasteiger partial charge in [0.05, 0.1) is 11.4 Å². The molecule has 1 aliphatic heterocycles. The molecule has 152 valence electrons. The highest BCUT2D eigenvalue weighted by Gasteiger charge is 2.31. The van der Waals surface area contributed by atoms with Crippen molar-refractivity contribution in [2.24, 2.45) is 0 Å². The zero-order chi connectivity index (χ0) is 21.1. The van der Waals surface area contributed by atoms with Gasteiger partial charge in [0, 0.05) is 34.6 Å². The number of anilines is 3. The molecule has 3 heteroatoms. The van der Waals surface area contributed by atoms with Crippen molar-refractivity contribution in [3.8, 4) is 11.1 Å². The minimum Gasteiger partial charge on any atom is -0.454 e. The van der Waals surface area contributed by atoms with E-state index in [4.69, 9.17) is 4.42 Å². The first-order valence-electron chi connectivity index (χ1n) is 10.8. The topological polar surface area (TPSA) is 19.6 Å². The van der Waals surface area contributed by atoms with Crippen LogP contribution in [0.3, 0.4) is 0 Å². The summed E-state index contributed by atoms with van der Waals surface area (Å²) >= 11 is 0. The number of fused-ring (bicyclic) bond motifs is 6. The molecule has 0 saturated carbocycles. The highest BCUT2D eigenvalue weighted by atomic mass is 16.3. The average molecular weight is 405 g/mol. The third kappa shape index (κ3) is 2.53. The Morgan fingerprint density at radius 2 is 1.35 bits per heavy atom. The Labute approximate surface area is 182 Å². The summed E-state index contributed by atoms with van der Waals surface area (Å²) < 4.78 is 6.47. The van der Waals surface area contributed by atoms with Gasteiger partial charge >= 0.3 is 0 Å². The predicted octanol–water partition coefficient (Wildman–Crippen LogP) is 7.50. The van der Waals surface area contributed by atoms with Gasteiger partial charge in [-0.2, -0.15) is 0 Å². The second-order valence-electron chi connectivity index (χ2n) is 8.35. The van der Waals surface area contributed by atoms with Crippen LogP contribution in [0.5, 0.6) is 0 Å². The summed E-state index contributed by atoms with van der Waals surface area (Å²) in [5.74, 6) is 0. The molecule has 2 heterocycles. The Kier molecular flexibility index (Phi) is 3.87. The maximum absolute atomic E-state index is 6.47. The molecule has 0 radical (unpaired) electrons. The van der Waals surface area contributed by atoms with Crippen LogP contribution in [0.4, 0.5) is 17.1 Å². The van der Waals surface area contributed by atoms with Crippen molar-refractivity contribution in [1.82, 2.24) is 0 Å². The van der Waals surface area contributed by atoms with E-state index in [0.717, 1.165) is 27.6 Å². The summed E-state index contributed by atoms with van der Waals surface area (Å²) in [7, 11) is 2.18. The minimum atomic E-state index is 0.0994. The van der Waals surface area contributed by atoms with E-state index >= 15 is 0 Å². The molecule has 0 aliphatic carbocycles. The first kappa shape index (κ1) is 18.1. The molecule has 4 aromatic carbocycles. The number of hydrogen-bond acceptors (Lipinski definition) is 3. The zero-order valence-corrected chi connectivity index (χ0v) is 18.0. The largest absolute Gasteiger partial charge is 0.454 e. The summed E-state index contributed by atoms with van der Waals surface area (Å²) in [4.78, 5) is 4.80. The molecule has 5 aromatic rings. The van der Waals surface area contributed by atoms with Crippen LogP contribution in [0.1, 0.15) is 12.5 Å². The molecule has 1 aromatic heterocycles. The summed E-state index contributed by atoms with van der Waals surface area (Å²) in [6.45, 7) is 4.44. The van der Waals surface area contributed by atoms with Crippen molar-refractivity contribution in [3.05, 3.63) is 90.5 Å². The van der Waals surface area contributed by atoms with Crippen LogP contribution in [-0.2, 0) is 0 Å². The highest BCUT2D eigenvalue weighted by molar-refractivity contribution is 6.10. The lowest BCUT2D eigenvalue weighted by atomic mass is 10.0. The van der Waals surface area contributed by atoms with E-state index in [1.807, 2.05) is 6.07 Å². The summed E-state index contributed by atoms with van der Waals surface area (Å²) in [5.41, 5.74) is 9.13. The van der Waals surface area contributed by atoms with Crippen molar-refractivity contribution in [2.75, 3.05) is 16.8 Å². The lowest BCUT2D eigenvalue weighted by Gasteiger charge is -2.37. The van der Waals surface area contributed by atoms with Crippen molar-refractivity contribution in [2.45, 2.75) is 20.0 Å². The van der Waals surface area contributed by atoms with Crippen LogP contribution in [0.25, 0.3) is 33.1 Å². The van der Waals surface area contributed by atoms with Crippen molar-refractivity contribution in [3.63, 3.8) is 0 Å². The van der Waals surface area contributed by atoms with E-state index in [1.165, 1.54) is 28.1 Å². The van der Waals surface area contributed by atoms with Crippen molar-refractivity contribution >= 4 is 39.0 Å². The van der Waals surface area contributed by atoms with Crippen LogP contribution in [-0.4, -0.2) is 13.2 Å². The second kappa shape index (κ2) is 6.64. The van der Waals surface area contributed by atoms with Crippen molar-refractivity contribution < 1.29 is 4.42 Å². The molecule has 0 saturated heterocycles. The number of benzene rings is 4. The third-order valence-electron chi connectivity index (χ3n) is 6.64. The summed E-state index contributed by atoms with van der Waals surface area (Å²) in [6.07, 6.45) is 0.0994. The fourth-order valence-corrected chi connectivity index (χ4v) is 4.98. The van der Waals surface area contributed by atoms with Crippen LogP contribution in [0.2, 0.25) is 0 Å². The molecule has 0 N–H and O–H groups in total. The average Bonchev–Trinajstić information content (AvgIpc) is 3.15. The molecule has 0 fully saturated rings. The van der Waals surface area contributed by atoms with Crippen LogP contribution < -0.4 is 9.80 Å². The molecule has 0 amide bonds. The van der Waals surface area contributed by atoms with E-state index in [-0.39, 0.29) is 6.17 Å². The number of nitrogens with zero attached hydrogens (tertiary/aromatic N) is 2. The Morgan fingerprint density at radius 3 is 2.16 bits per heavy atom. The van der Waals surface area contributed by atoms with Gasteiger partial charge in [-0.15, -0.1) is 0 Å². The number of hydrogen-bond donors (Lipinski definition) is 0. The molecule has 1 aliphatic rings. The maximum atomic E-state index is 6.47. The van der Waals surface area contributed by atoms with E-state index in [1.54, 1.807) is 0 Å². The van der Waals surface area contributed by atoms with Gasteiger partial charge in [-0.1, -0.05) is 66.7 Å². The van der Waals surface area contributed by atoms with Gasteiger partial charge in [0.15, 0.2) is 5.58 Å². The van der Waals surface area contributed by atoms with Crippen LogP contribution in [0.15, 0.2) is 89.3 Å². The molecule has 0 spiro atoms. The first-order chi connectivity index (χ1) is 15.1. The maximum Gasteiger partial charge on any atom is 0.159 e. The molecule has 0 bridgehead atoms. The molecule has 3 nitrogen and oxygen atoms in total. The predicted molar refractivity (Wildman–Crippen MR) is 130 cm³/mol. The SMILES string of the molecule is Cc1ccc2c(oc3ccccc32)c1N1c2ccccc2-c2ccccc2N(C)C1C. The Morgan fingerprint density at radius 1 is 0.710 bits per heavy atom.